The van der Waals surface area contributed by atoms with Crippen molar-refractivity contribution in [1.29, 1.82) is 0 Å². The maximum Gasteiger partial charge on any atom is 0.318 e. The number of urea groups is 1. The topological polar surface area (TPSA) is 100 Å². The molecular weight excluding hydrogens is 274 g/mol. The molecule has 2 rings (SSSR count). The van der Waals surface area contributed by atoms with Crippen LogP contribution in [0.2, 0.25) is 0 Å². The van der Waals surface area contributed by atoms with E-state index in [2.05, 4.69) is 20.8 Å². The lowest BCUT2D eigenvalue weighted by atomic mass is 10.2. The summed E-state index contributed by atoms with van der Waals surface area (Å²) in [6.45, 7) is 6.91. The van der Waals surface area contributed by atoms with Crippen LogP contribution in [-0.2, 0) is 4.79 Å². The second-order valence-electron chi connectivity index (χ2n) is 5.44. The average molecular weight is 295 g/mol. The summed E-state index contributed by atoms with van der Waals surface area (Å²) in [4.78, 5) is 29.4. The third kappa shape index (κ3) is 3.93. The molecule has 1 aromatic rings. The molecule has 116 valence electrons. The van der Waals surface area contributed by atoms with Gasteiger partial charge in [-0.05, 0) is 13.3 Å². The maximum atomic E-state index is 12.2. The lowest BCUT2D eigenvalue weighted by molar-refractivity contribution is -0.121. The Morgan fingerprint density at radius 1 is 1.43 bits per heavy atom. The summed E-state index contributed by atoms with van der Waals surface area (Å²) in [5.74, 6) is 1.00. The van der Waals surface area contributed by atoms with Gasteiger partial charge in [-0.15, -0.1) is 0 Å². The van der Waals surface area contributed by atoms with E-state index in [1.807, 2.05) is 13.8 Å². The zero-order valence-electron chi connectivity index (χ0n) is 12.5. The Kier molecular flexibility index (Phi) is 4.77. The van der Waals surface area contributed by atoms with Crippen LogP contribution in [0.3, 0.4) is 0 Å². The first-order valence-corrected chi connectivity index (χ1v) is 7.13. The third-order valence-corrected chi connectivity index (χ3v) is 3.23. The molecule has 21 heavy (non-hydrogen) atoms. The van der Waals surface area contributed by atoms with Crippen molar-refractivity contribution < 1.29 is 14.1 Å². The van der Waals surface area contributed by atoms with Crippen molar-refractivity contribution in [1.82, 2.24) is 25.7 Å². The number of nitrogens with one attached hydrogen (secondary N) is 2. The van der Waals surface area contributed by atoms with Crippen LogP contribution >= 0.6 is 0 Å². The molecule has 0 aliphatic carbocycles. The average Bonchev–Trinajstić information content (AvgIpc) is 2.82. The standard InChI is InChI=1S/C13H21N5O3/c1-8(2)11-16-12(21-17-11)9(3)15-13(20)18-6-4-5-14-10(19)7-18/h8-9H,4-7H2,1-3H3,(H,14,19)(H,15,20). The highest BCUT2D eigenvalue weighted by molar-refractivity contribution is 5.84. The Hall–Kier alpha value is -2.12. The first kappa shape index (κ1) is 15.3. The molecule has 0 spiro atoms. The number of nitrogens with zero attached hydrogens (tertiary/aromatic N) is 3. The fourth-order valence-electron chi connectivity index (χ4n) is 1.98. The molecule has 8 nitrogen and oxygen atoms in total. The second kappa shape index (κ2) is 6.55. The van der Waals surface area contributed by atoms with Gasteiger partial charge in [0.2, 0.25) is 11.8 Å². The number of hydrogen-bond acceptors (Lipinski definition) is 5. The van der Waals surface area contributed by atoms with E-state index >= 15 is 0 Å². The van der Waals surface area contributed by atoms with Crippen LogP contribution in [0.5, 0.6) is 0 Å². The number of hydrogen-bond donors (Lipinski definition) is 2. The van der Waals surface area contributed by atoms with E-state index in [4.69, 9.17) is 4.52 Å². The van der Waals surface area contributed by atoms with E-state index in [0.29, 0.717) is 24.8 Å². The summed E-state index contributed by atoms with van der Waals surface area (Å²) < 4.78 is 5.15. The van der Waals surface area contributed by atoms with Crippen molar-refractivity contribution in [3.63, 3.8) is 0 Å². The smallest absolute Gasteiger partial charge is 0.318 e. The van der Waals surface area contributed by atoms with E-state index in [-0.39, 0.29) is 24.4 Å². The Labute approximate surface area is 123 Å². The van der Waals surface area contributed by atoms with Gasteiger partial charge < -0.3 is 20.1 Å². The van der Waals surface area contributed by atoms with Crippen molar-refractivity contribution in [2.45, 2.75) is 39.2 Å². The van der Waals surface area contributed by atoms with Crippen LogP contribution in [-0.4, -0.2) is 46.6 Å². The van der Waals surface area contributed by atoms with E-state index in [1.54, 1.807) is 6.92 Å². The Balaban J connectivity index is 1.95. The highest BCUT2D eigenvalue weighted by atomic mass is 16.5. The van der Waals surface area contributed by atoms with Crippen LogP contribution in [0.15, 0.2) is 4.52 Å². The Morgan fingerprint density at radius 2 is 2.19 bits per heavy atom. The van der Waals surface area contributed by atoms with Gasteiger partial charge >= 0.3 is 6.03 Å². The quantitative estimate of drug-likeness (QED) is 0.858. The lowest BCUT2D eigenvalue weighted by Crippen LogP contribution is -2.44. The van der Waals surface area contributed by atoms with Crippen LogP contribution in [0.25, 0.3) is 0 Å². The SMILES string of the molecule is CC(C)c1noc(C(C)NC(=O)N2CCCNC(=O)C2)n1. The monoisotopic (exact) mass is 295 g/mol. The van der Waals surface area contributed by atoms with Crippen molar-refractivity contribution in [3.05, 3.63) is 11.7 Å². The first-order valence-electron chi connectivity index (χ1n) is 7.13. The van der Waals surface area contributed by atoms with Gasteiger partial charge in [0.25, 0.3) is 0 Å². The van der Waals surface area contributed by atoms with E-state index in [9.17, 15) is 9.59 Å². The normalized spacial score (nSPS) is 17.3. The van der Waals surface area contributed by atoms with E-state index in [1.165, 1.54) is 4.90 Å². The number of aromatic nitrogens is 2. The largest absolute Gasteiger partial charge is 0.354 e. The molecule has 1 aliphatic rings. The molecule has 1 unspecified atom stereocenters. The van der Waals surface area contributed by atoms with Gasteiger partial charge in [-0.2, -0.15) is 4.98 Å². The van der Waals surface area contributed by atoms with Crippen LogP contribution in [0, 0.1) is 0 Å². The zero-order chi connectivity index (χ0) is 15.4. The molecule has 1 fully saturated rings. The van der Waals surface area contributed by atoms with Crippen molar-refractivity contribution in [2.24, 2.45) is 0 Å². The van der Waals surface area contributed by atoms with E-state index in [0.717, 1.165) is 6.42 Å². The fourth-order valence-corrected chi connectivity index (χ4v) is 1.98. The number of carbonyl (C=O) groups is 2. The Morgan fingerprint density at radius 3 is 2.86 bits per heavy atom. The molecule has 0 saturated carbocycles. The minimum Gasteiger partial charge on any atom is -0.354 e. The molecule has 1 atom stereocenters. The molecule has 1 saturated heterocycles. The first-order chi connectivity index (χ1) is 9.97. The fraction of sp³-hybridized carbons (Fsp3) is 0.692. The van der Waals surface area contributed by atoms with Crippen molar-refractivity contribution in [3.8, 4) is 0 Å². The lowest BCUT2D eigenvalue weighted by Gasteiger charge is -2.21. The molecule has 1 aromatic heterocycles. The highest BCUT2D eigenvalue weighted by Gasteiger charge is 2.23. The van der Waals surface area contributed by atoms with Gasteiger partial charge in [-0.1, -0.05) is 19.0 Å². The molecule has 3 amide bonds. The molecule has 2 N–H and O–H groups in total. The van der Waals surface area contributed by atoms with E-state index < -0.39 is 6.04 Å². The molecular formula is C13H21N5O3. The molecule has 0 aromatic carbocycles. The van der Waals surface area contributed by atoms with Gasteiger partial charge in [-0.25, -0.2) is 4.79 Å². The summed E-state index contributed by atoms with van der Waals surface area (Å²) in [6, 6.07) is -0.701. The minimum absolute atomic E-state index is 0.0691. The molecule has 1 aliphatic heterocycles. The number of carbonyl (C=O) groups excluding carboxylic acids is 2. The molecule has 2 heterocycles. The summed E-state index contributed by atoms with van der Waals surface area (Å²) >= 11 is 0. The molecule has 0 bridgehead atoms. The maximum absolute atomic E-state index is 12.2. The predicted octanol–water partition coefficient (Wildman–Crippen LogP) is 0.785. The van der Waals surface area contributed by atoms with Gasteiger partial charge in [0.05, 0.1) is 0 Å². The van der Waals surface area contributed by atoms with Gasteiger partial charge in [0.15, 0.2) is 5.82 Å². The van der Waals surface area contributed by atoms with Gasteiger partial charge in [-0.3, -0.25) is 4.79 Å². The summed E-state index contributed by atoms with van der Waals surface area (Å²) in [5.41, 5.74) is 0. The van der Waals surface area contributed by atoms with Crippen molar-refractivity contribution in [2.75, 3.05) is 19.6 Å². The zero-order valence-corrected chi connectivity index (χ0v) is 12.5. The van der Waals surface area contributed by atoms with Crippen molar-refractivity contribution >= 4 is 11.9 Å². The van der Waals surface area contributed by atoms with Crippen LogP contribution < -0.4 is 10.6 Å². The summed E-state index contributed by atoms with van der Waals surface area (Å²) in [6.07, 6.45) is 0.742. The van der Waals surface area contributed by atoms with Gasteiger partial charge in [0, 0.05) is 19.0 Å². The third-order valence-electron chi connectivity index (χ3n) is 3.23. The number of rotatable bonds is 3. The highest BCUT2D eigenvalue weighted by Crippen LogP contribution is 2.15. The summed E-state index contributed by atoms with van der Waals surface area (Å²) in [7, 11) is 0. The van der Waals surface area contributed by atoms with Crippen LogP contribution in [0.1, 0.15) is 50.9 Å². The molecule has 8 heteroatoms. The number of amides is 3. The minimum atomic E-state index is -0.399. The summed E-state index contributed by atoms with van der Waals surface area (Å²) in [5, 5.41) is 9.37. The van der Waals surface area contributed by atoms with Crippen LogP contribution in [0.4, 0.5) is 4.79 Å². The Bertz CT molecular complexity index is 514. The van der Waals surface area contributed by atoms with Gasteiger partial charge in [0.1, 0.15) is 12.6 Å². The predicted molar refractivity (Wildman–Crippen MR) is 74.5 cm³/mol. The second-order valence-corrected chi connectivity index (χ2v) is 5.44. The molecule has 0 radical (unpaired) electrons.